The van der Waals surface area contributed by atoms with Crippen LogP contribution in [0.25, 0.3) is 0 Å². The minimum Gasteiger partial charge on any atom is -0.382 e. The Kier molecular flexibility index (Phi) is 7.91. The lowest BCUT2D eigenvalue weighted by Crippen LogP contribution is -2.42. The Morgan fingerprint density at radius 2 is 1.90 bits per heavy atom. The molecule has 2 bridgehead atoms. The number of rotatable bonds is 7. The summed E-state index contributed by atoms with van der Waals surface area (Å²) < 4.78 is 74.0. The van der Waals surface area contributed by atoms with Crippen molar-refractivity contribution in [1.82, 2.24) is 24.7 Å². The second kappa shape index (κ2) is 10.6. The Morgan fingerprint density at radius 3 is 2.42 bits per heavy atom. The quantitative estimate of drug-likeness (QED) is 0.400. The van der Waals surface area contributed by atoms with Crippen LogP contribution in [0, 0.1) is 34.2 Å². The van der Waals surface area contributed by atoms with Crippen LogP contribution in [0.2, 0.25) is 0 Å². The molecule has 2 aliphatic carbocycles. The maximum Gasteiger partial charge on any atom is 0.265 e. The van der Waals surface area contributed by atoms with Crippen LogP contribution in [0.15, 0.2) is 43.4 Å². The number of fused-ring (bicyclic) bond motifs is 2. The van der Waals surface area contributed by atoms with E-state index < -0.39 is 50.3 Å². The molecule has 216 valence electrons. The largest absolute Gasteiger partial charge is 0.382 e. The summed E-state index contributed by atoms with van der Waals surface area (Å²) >= 11 is 0. The van der Waals surface area contributed by atoms with Gasteiger partial charge < -0.3 is 5.11 Å². The van der Waals surface area contributed by atoms with Gasteiger partial charge in [-0.1, -0.05) is 26.8 Å². The van der Waals surface area contributed by atoms with E-state index in [-0.39, 0.29) is 34.9 Å². The van der Waals surface area contributed by atoms with Crippen LogP contribution < -0.4 is 0 Å². The van der Waals surface area contributed by atoms with Crippen molar-refractivity contribution in [1.29, 1.82) is 0 Å². The molecule has 2 N–H and O–H groups in total. The molecule has 4 atom stereocenters. The fourth-order valence-corrected chi connectivity index (χ4v) is 7.44. The number of carbonyl (C=O) groups excluding carboxylic acids is 1. The van der Waals surface area contributed by atoms with Crippen molar-refractivity contribution in [2.24, 2.45) is 16.7 Å². The highest BCUT2D eigenvalue weighted by molar-refractivity contribution is 7.85. The summed E-state index contributed by atoms with van der Waals surface area (Å²) in [6.07, 6.45) is 6.63. The molecule has 2 fully saturated rings. The Labute approximate surface area is 229 Å². The highest BCUT2D eigenvalue weighted by Crippen LogP contribution is 2.64. The lowest BCUT2D eigenvalue weighted by molar-refractivity contribution is -0.128. The van der Waals surface area contributed by atoms with E-state index in [4.69, 9.17) is 4.55 Å². The number of carbonyl (C=O) groups is 1. The first-order chi connectivity index (χ1) is 18.6. The van der Waals surface area contributed by atoms with Crippen molar-refractivity contribution in [2.45, 2.75) is 58.1 Å². The van der Waals surface area contributed by atoms with Crippen molar-refractivity contribution < 1.29 is 36.0 Å². The number of ketones is 1. The van der Waals surface area contributed by atoms with E-state index in [0.717, 1.165) is 31.1 Å². The number of benzene rings is 1. The number of Topliss-reactive ketones (excluding diaryl/α,β-unsaturated/α-hetero) is 1. The average molecular weight is 582 g/mol. The maximum atomic E-state index is 14.4. The summed E-state index contributed by atoms with van der Waals surface area (Å²) in [5.74, 6) is -3.57. The van der Waals surface area contributed by atoms with Crippen LogP contribution in [-0.2, 0) is 27.1 Å². The van der Waals surface area contributed by atoms with E-state index in [1.54, 1.807) is 0 Å². The van der Waals surface area contributed by atoms with Gasteiger partial charge in [-0.3, -0.25) is 9.35 Å². The molecule has 5 rings (SSSR count). The number of halogens is 3. The van der Waals surface area contributed by atoms with Gasteiger partial charge in [0.05, 0.1) is 29.6 Å². The fourth-order valence-electron chi connectivity index (χ4n) is 6.14. The third kappa shape index (κ3) is 5.39. The average Bonchev–Trinajstić information content (AvgIpc) is 3.49. The SMILES string of the molecule is CC(c1ncncc1F)C(O)(Cn1cncn1)c1ccc(F)cc1F.CC1(C)C2CCC1(CS(=O)(=O)O)C(=O)C2. The van der Waals surface area contributed by atoms with Crippen LogP contribution in [0.5, 0.6) is 0 Å². The van der Waals surface area contributed by atoms with Gasteiger partial charge in [-0.25, -0.2) is 32.8 Å². The molecule has 10 nitrogen and oxygen atoms in total. The highest BCUT2D eigenvalue weighted by Gasteiger charge is 2.65. The molecule has 0 radical (unpaired) electrons. The van der Waals surface area contributed by atoms with Gasteiger partial charge in [0.15, 0.2) is 5.82 Å². The van der Waals surface area contributed by atoms with E-state index in [9.17, 15) is 31.5 Å². The third-order valence-corrected chi connectivity index (χ3v) is 9.52. The predicted octanol–water partition coefficient (Wildman–Crippen LogP) is 3.45. The third-order valence-electron chi connectivity index (χ3n) is 8.66. The van der Waals surface area contributed by atoms with Crippen LogP contribution >= 0.6 is 0 Å². The fraction of sp³-hybridized carbons (Fsp3) is 0.500. The number of hydrogen-bond acceptors (Lipinski definition) is 8. The van der Waals surface area contributed by atoms with Crippen LogP contribution in [0.3, 0.4) is 0 Å². The van der Waals surface area contributed by atoms with Gasteiger partial charge >= 0.3 is 0 Å². The van der Waals surface area contributed by atoms with Crippen molar-refractivity contribution >= 4 is 15.9 Å². The summed E-state index contributed by atoms with van der Waals surface area (Å²) in [5.41, 5.74) is -3.37. The molecule has 14 heteroatoms. The molecular formula is C26H30F3N5O5S. The molecule has 0 spiro atoms. The second-order valence-corrected chi connectivity index (χ2v) is 12.5. The van der Waals surface area contributed by atoms with Gasteiger partial charge in [-0.05, 0) is 30.2 Å². The molecule has 3 aromatic rings. The Balaban J connectivity index is 0.000000210. The van der Waals surface area contributed by atoms with Crippen LogP contribution in [-0.4, -0.2) is 54.3 Å². The van der Waals surface area contributed by atoms with Gasteiger partial charge in [-0.2, -0.15) is 13.5 Å². The molecule has 0 aliphatic heterocycles. The topological polar surface area (TPSA) is 148 Å². The highest BCUT2D eigenvalue weighted by atomic mass is 32.2. The zero-order valence-corrected chi connectivity index (χ0v) is 22.9. The molecular weight excluding hydrogens is 551 g/mol. The summed E-state index contributed by atoms with van der Waals surface area (Å²) in [6.45, 7) is 5.15. The van der Waals surface area contributed by atoms with Gasteiger partial charge in [-0.15, -0.1) is 0 Å². The lowest BCUT2D eigenvalue weighted by atomic mass is 9.70. The first-order valence-electron chi connectivity index (χ1n) is 12.5. The molecule has 4 unspecified atom stereocenters. The normalized spacial score (nSPS) is 23.8. The van der Waals surface area contributed by atoms with Crippen LogP contribution in [0.1, 0.15) is 57.2 Å². The van der Waals surface area contributed by atoms with E-state index in [1.807, 2.05) is 13.8 Å². The van der Waals surface area contributed by atoms with Crippen molar-refractivity contribution in [3.05, 3.63) is 72.1 Å². The van der Waals surface area contributed by atoms with E-state index in [0.29, 0.717) is 18.9 Å². The zero-order chi connectivity index (χ0) is 29.5. The van der Waals surface area contributed by atoms with Gasteiger partial charge in [0.25, 0.3) is 10.1 Å². The smallest absolute Gasteiger partial charge is 0.265 e. The van der Waals surface area contributed by atoms with Gasteiger partial charge in [0.2, 0.25) is 0 Å². The van der Waals surface area contributed by atoms with Gasteiger partial charge in [0, 0.05) is 24.0 Å². The number of nitrogens with zero attached hydrogens (tertiary/aromatic N) is 5. The summed E-state index contributed by atoms with van der Waals surface area (Å²) in [7, 11) is -4.08. The summed E-state index contributed by atoms with van der Waals surface area (Å²) in [4.78, 5) is 23.1. The van der Waals surface area contributed by atoms with Crippen molar-refractivity contribution in [2.75, 3.05) is 5.75 Å². The van der Waals surface area contributed by atoms with Crippen LogP contribution in [0.4, 0.5) is 13.2 Å². The molecule has 0 saturated heterocycles. The summed E-state index contributed by atoms with van der Waals surface area (Å²) in [5, 5.41) is 15.2. The van der Waals surface area contributed by atoms with E-state index >= 15 is 0 Å². The maximum absolute atomic E-state index is 14.4. The van der Waals surface area contributed by atoms with E-state index in [2.05, 4.69) is 20.1 Å². The molecule has 1 aromatic carbocycles. The van der Waals surface area contributed by atoms with Gasteiger partial charge in [0.1, 0.15) is 42.0 Å². The Bertz CT molecular complexity index is 1500. The van der Waals surface area contributed by atoms with E-state index in [1.165, 1.54) is 24.3 Å². The Morgan fingerprint density at radius 1 is 1.18 bits per heavy atom. The molecule has 2 saturated carbocycles. The second-order valence-electron chi connectivity index (χ2n) is 11.0. The molecule has 2 heterocycles. The zero-order valence-electron chi connectivity index (χ0n) is 22.1. The number of aromatic nitrogens is 5. The molecule has 0 amide bonds. The molecule has 2 aliphatic rings. The Hall–Kier alpha value is -3.23. The predicted molar refractivity (Wildman–Crippen MR) is 136 cm³/mol. The first kappa shape index (κ1) is 29.7. The first-order valence-corrected chi connectivity index (χ1v) is 14.2. The molecule has 40 heavy (non-hydrogen) atoms. The minimum absolute atomic E-state index is 0.0152. The van der Waals surface area contributed by atoms with Crippen molar-refractivity contribution in [3.63, 3.8) is 0 Å². The number of hydrogen-bond donors (Lipinski definition) is 2. The standard InChI is InChI=1S/C16H14F3N5O.C10H16O4S/c1-10(15-14(19)5-20-7-22-15)16(25,6-24-9-21-8-23-24)12-3-2-11(17)4-13(12)18;1-9(2)7-3-4-10(9,8(11)5-7)6-15(12,13)14/h2-5,7-10,25H,6H2,1H3;7H,3-6H2,1-2H3,(H,12,13,14). The molecule has 2 aromatic heterocycles. The summed E-state index contributed by atoms with van der Waals surface area (Å²) in [6, 6.07) is 2.80. The monoisotopic (exact) mass is 581 g/mol. The van der Waals surface area contributed by atoms with Crippen molar-refractivity contribution in [3.8, 4) is 0 Å². The minimum atomic E-state index is -4.08. The lowest BCUT2D eigenvalue weighted by Gasteiger charge is -2.35. The number of aliphatic hydroxyl groups is 1.